The minimum absolute atomic E-state index is 0.0319. The zero-order valence-electron chi connectivity index (χ0n) is 29.4. The van der Waals surface area contributed by atoms with Crippen LogP contribution in [0, 0.1) is 10.1 Å². The second-order valence-corrected chi connectivity index (χ2v) is 13.5. The lowest BCUT2D eigenvalue weighted by molar-refractivity contribution is -0.384. The third kappa shape index (κ3) is 6.44. The van der Waals surface area contributed by atoms with Crippen LogP contribution < -0.4 is 24.6 Å². The molecule has 11 nitrogen and oxygen atoms in total. The van der Waals surface area contributed by atoms with Crippen LogP contribution >= 0.6 is 0 Å². The lowest BCUT2D eigenvalue weighted by atomic mass is 9.76. The van der Waals surface area contributed by atoms with E-state index in [0.29, 0.717) is 22.6 Å². The van der Waals surface area contributed by atoms with Crippen molar-refractivity contribution in [3.63, 3.8) is 0 Å². The standard InChI is InChI=1S/C43H36N4O7/c1-53-33-16-15-30(39(25-33)54-26-27-9-8-14-31(21-27)47(51)52)22-38-41(48)44-43(50)46(42(38)49)32-23-36-34(28-10-4-2-5-11-28)17-19-45-20-18-35(37(24-32)40(36)45)29-12-6-3-7-13-29/h2-16,21-25,34-35H,17-20,26H2,1H3,(H,44,48,50)/b38-22+/t34-,35+. The molecular formula is C43H36N4O7. The highest BCUT2D eigenvalue weighted by atomic mass is 16.6. The van der Waals surface area contributed by atoms with Crippen LogP contribution in [0.4, 0.5) is 21.9 Å². The highest BCUT2D eigenvalue weighted by molar-refractivity contribution is 6.39. The Morgan fingerprint density at radius 3 is 2.07 bits per heavy atom. The molecule has 0 saturated carbocycles. The number of nitrogens with one attached hydrogen (secondary N) is 1. The molecule has 1 saturated heterocycles. The molecule has 8 rings (SSSR count). The zero-order chi connectivity index (χ0) is 37.3. The normalized spacial score (nSPS) is 18.6. The molecule has 1 N–H and O–H groups in total. The van der Waals surface area contributed by atoms with Crippen LogP contribution in [-0.4, -0.2) is 43.0 Å². The van der Waals surface area contributed by atoms with E-state index in [1.807, 2.05) is 48.5 Å². The quantitative estimate of drug-likeness (QED) is 0.0709. The summed E-state index contributed by atoms with van der Waals surface area (Å²) in [4.78, 5) is 55.9. The first-order valence-electron chi connectivity index (χ1n) is 17.8. The maximum Gasteiger partial charge on any atom is 0.335 e. The maximum absolute atomic E-state index is 14.5. The van der Waals surface area contributed by atoms with Gasteiger partial charge in [-0.15, -0.1) is 0 Å². The van der Waals surface area contributed by atoms with Gasteiger partial charge in [-0.05, 0) is 71.0 Å². The number of barbiturate groups is 1. The van der Waals surface area contributed by atoms with Gasteiger partial charge < -0.3 is 14.4 Å². The van der Waals surface area contributed by atoms with Gasteiger partial charge in [-0.2, -0.15) is 0 Å². The van der Waals surface area contributed by atoms with Crippen molar-refractivity contribution < 1.29 is 28.8 Å². The summed E-state index contributed by atoms with van der Waals surface area (Å²) in [6.07, 6.45) is 3.13. The van der Waals surface area contributed by atoms with E-state index < -0.39 is 22.8 Å². The molecule has 3 heterocycles. The molecule has 2 atom stereocenters. The summed E-state index contributed by atoms with van der Waals surface area (Å²) in [5.74, 6) is -0.804. The zero-order valence-corrected chi connectivity index (χ0v) is 29.4. The summed E-state index contributed by atoms with van der Waals surface area (Å²) in [6, 6.07) is 34.5. The van der Waals surface area contributed by atoms with Gasteiger partial charge in [0.05, 0.1) is 17.7 Å². The number of nitrogens with zero attached hydrogens (tertiary/aromatic N) is 3. The van der Waals surface area contributed by atoms with Crippen LogP contribution in [0.15, 0.2) is 121 Å². The largest absolute Gasteiger partial charge is 0.497 e. The van der Waals surface area contributed by atoms with Crippen molar-refractivity contribution in [3.05, 3.63) is 164 Å². The number of rotatable bonds is 9. The molecule has 0 aromatic heterocycles. The number of ether oxygens (including phenoxy) is 2. The van der Waals surface area contributed by atoms with E-state index in [0.717, 1.165) is 58.8 Å². The molecular weight excluding hydrogens is 684 g/mol. The van der Waals surface area contributed by atoms with Gasteiger partial charge >= 0.3 is 6.03 Å². The third-order valence-electron chi connectivity index (χ3n) is 10.4. The van der Waals surface area contributed by atoms with E-state index in [9.17, 15) is 24.5 Å². The summed E-state index contributed by atoms with van der Waals surface area (Å²) in [6.45, 7) is 1.74. The van der Waals surface area contributed by atoms with Crippen molar-refractivity contribution in [3.8, 4) is 11.5 Å². The number of carbonyl (C=O) groups is 3. The first kappa shape index (κ1) is 34.3. The monoisotopic (exact) mass is 720 g/mol. The number of nitro groups is 1. The summed E-state index contributed by atoms with van der Waals surface area (Å²) in [7, 11) is 1.50. The van der Waals surface area contributed by atoms with Crippen LogP contribution in [0.1, 0.15) is 58.1 Å². The Balaban J connectivity index is 1.20. The predicted octanol–water partition coefficient (Wildman–Crippen LogP) is 7.73. The minimum atomic E-state index is -0.837. The number of imide groups is 2. The molecule has 54 heavy (non-hydrogen) atoms. The third-order valence-corrected chi connectivity index (χ3v) is 10.4. The van der Waals surface area contributed by atoms with Gasteiger partial charge in [0, 0.05) is 54.4 Å². The minimum Gasteiger partial charge on any atom is -0.497 e. The number of anilines is 2. The number of hydrogen-bond acceptors (Lipinski definition) is 8. The van der Waals surface area contributed by atoms with E-state index in [1.54, 1.807) is 30.3 Å². The summed E-state index contributed by atoms with van der Waals surface area (Å²) in [5, 5.41) is 13.7. The summed E-state index contributed by atoms with van der Waals surface area (Å²) < 4.78 is 11.5. The van der Waals surface area contributed by atoms with Crippen molar-refractivity contribution in [2.75, 3.05) is 30.0 Å². The number of amides is 4. The van der Waals surface area contributed by atoms with Crippen molar-refractivity contribution in [2.45, 2.75) is 31.3 Å². The van der Waals surface area contributed by atoms with Gasteiger partial charge in [0.25, 0.3) is 17.5 Å². The molecule has 1 fully saturated rings. The molecule has 0 bridgehead atoms. The smallest absolute Gasteiger partial charge is 0.335 e. The fourth-order valence-electron chi connectivity index (χ4n) is 7.82. The van der Waals surface area contributed by atoms with E-state index in [4.69, 9.17) is 9.47 Å². The first-order valence-corrected chi connectivity index (χ1v) is 17.8. The predicted molar refractivity (Wildman–Crippen MR) is 204 cm³/mol. The van der Waals surface area contributed by atoms with Crippen LogP contribution in [0.5, 0.6) is 11.5 Å². The molecule has 0 radical (unpaired) electrons. The highest BCUT2D eigenvalue weighted by Crippen LogP contribution is 2.50. The molecule has 0 spiro atoms. The molecule has 4 amide bonds. The molecule has 5 aromatic carbocycles. The van der Waals surface area contributed by atoms with E-state index >= 15 is 0 Å². The van der Waals surface area contributed by atoms with Crippen LogP contribution in [0.2, 0.25) is 0 Å². The van der Waals surface area contributed by atoms with Gasteiger partial charge in [0.2, 0.25) is 0 Å². The molecule has 3 aliphatic rings. The number of methoxy groups -OCH3 is 1. The van der Waals surface area contributed by atoms with Crippen molar-refractivity contribution in [2.24, 2.45) is 0 Å². The summed E-state index contributed by atoms with van der Waals surface area (Å²) >= 11 is 0. The molecule has 0 aliphatic carbocycles. The number of hydrogen-bond donors (Lipinski definition) is 1. The average Bonchev–Trinajstić information content (AvgIpc) is 3.19. The van der Waals surface area contributed by atoms with Gasteiger partial charge in [-0.25, -0.2) is 9.69 Å². The van der Waals surface area contributed by atoms with Crippen LogP contribution in [0.3, 0.4) is 0 Å². The molecule has 270 valence electrons. The Morgan fingerprint density at radius 1 is 0.815 bits per heavy atom. The van der Waals surface area contributed by atoms with Crippen LogP contribution in [-0.2, 0) is 16.2 Å². The average molecular weight is 721 g/mol. The highest BCUT2D eigenvalue weighted by Gasteiger charge is 2.40. The lowest BCUT2D eigenvalue weighted by Crippen LogP contribution is -2.54. The van der Waals surface area contributed by atoms with E-state index in [-0.39, 0.29) is 35.5 Å². The van der Waals surface area contributed by atoms with E-state index in [1.165, 1.54) is 25.3 Å². The molecule has 5 aromatic rings. The molecule has 3 aliphatic heterocycles. The van der Waals surface area contributed by atoms with Crippen LogP contribution in [0.25, 0.3) is 6.08 Å². The molecule has 11 heteroatoms. The van der Waals surface area contributed by atoms with Gasteiger partial charge in [0.1, 0.15) is 23.7 Å². The fourth-order valence-corrected chi connectivity index (χ4v) is 7.82. The van der Waals surface area contributed by atoms with Crippen molar-refractivity contribution in [1.29, 1.82) is 0 Å². The van der Waals surface area contributed by atoms with Crippen molar-refractivity contribution >= 4 is 41.0 Å². The Hall–Kier alpha value is -6.75. The topological polar surface area (TPSA) is 131 Å². The second-order valence-electron chi connectivity index (χ2n) is 13.5. The Bertz CT molecular complexity index is 2250. The number of nitro benzene ring substituents is 1. The fraction of sp³-hybridized carbons (Fsp3) is 0.186. The Kier molecular flexibility index (Phi) is 9.12. The number of non-ortho nitro benzene ring substituents is 1. The van der Waals surface area contributed by atoms with Gasteiger partial charge in [0.15, 0.2) is 0 Å². The lowest BCUT2D eigenvalue weighted by Gasteiger charge is -2.44. The summed E-state index contributed by atoms with van der Waals surface area (Å²) in [5.41, 5.74) is 6.49. The SMILES string of the molecule is COc1ccc(/C=C2\C(=O)NC(=O)N(c3cc4c5c(c3)[C@H](c3ccccc3)CCN5CC[C@@H]4c3ccccc3)C2=O)c(OCc2cccc([N+](=O)[O-])c2)c1. The number of urea groups is 1. The number of carbonyl (C=O) groups excluding carboxylic acids is 3. The first-order chi connectivity index (χ1) is 26.3. The maximum atomic E-state index is 14.5. The van der Waals surface area contributed by atoms with Gasteiger partial charge in [-0.1, -0.05) is 72.8 Å². The van der Waals surface area contributed by atoms with Crippen molar-refractivity contribution in [1.82, 2.24) is 5.32 Å². The second kappa shape index (κ2) is 14.3. The number of benzene rings is 5. The van der Waals surface area contributed by atoms with E-state index in [2.05, 4.69) is 34.5 Å². The van der Waals surface area contributed by atoms with Gasteiger partial charge in [-0.3, -0.25) is 25.0 Å². The Labute approximate surface area is 311 Å². The Morgan fingerprint density at radius 2 is 1.46 bits per heavy atom. The molecule has 0 unspecified atom stereocenters.